The van der Waals surface area contributed by atoms with Crippen molar-refractivity contribution in [3.05, 3.63) is 0 Å². The van der Waals surface area contributed by atoms with Crippen molar-refractivity contribution in [1.82, 2.24) is 9.80 Å². The Kier molecular flexibility index (Phi) is 6.54. The number of hydrogen-bond acceptors (Lipinski definition) is 5. The summed E-state index contributed by atoms with van der Waals surface area (Å²) in [6.45, 7) is 12.5. The van der Waals surface area contributed by atoms with Gasteiger partial charge in [-0.15, -0.1) is 0 Å². The first-order valence-electron chi connectivity index (χ1n) is 10.7. The highest BCUT2D eigenvalue weighted by Gasteiger charge is 2.56. The van der Waals surface area contributed by atoms with Crippen LogP contribution < -0.4 is 0 Å². The Balaban J connectivity index is 1.59. The molecule has 3 aliphatic rings. The van der Waals surface area contributed by atoms with Crippen molar-refractivity contribution in [3.8, 4) is 0 Å². The molecule has 0 aromatic rings. The second-order valence-corrected chi connectivity index (χ2v) is 9.36. The van der Waals surface area contributed by atoms with E-state index in [-0.39, 0.29) is 23.5 Å². The number of hydrogen-bond donors (Lipinski definition) is 0. The molecule has 3 rings (SSSR count). The number of rotatable bonds is 5. The predicted molar refractivity (Wildman–Crippen MR) is 105 cm³/mol. The molecule has 3 saturated heterocycles. The molecule has 0 bridgehead atoms. The van der Waals surface area contributed by atoms with E-state index in [1.165, 1.54) is 0 Å². The van der Waals surface area contributed by atoms with Crippen LogP contribution in [0.4, 0.5) is 4.79 Å². The highest BCUT2D eigenvalue weighted by Crippen LogP contribution is 2.50. The third-order valence-corrected chi connectivity index (χ3v) is 6.34. The van der Waals surface area contributed by atoms with E-state index in [0.29, 0.717) is 45.2 Å². The highest BCUT2D eigenvalue weighted by atomic mass is 16.6. The lowest BCUT2D eigenvalue weighted by Gasteiger charge is -2.42. The zero-order valence-corrected chi connectivity index (χ0v) is 17.9. The Hall–Kier alpha value is -1.34. The van der Waals surface area contributed by atoms with Gasteiger partial charge in [0.15, 0.2) is 0 Å². The van der Waals surface area contributed by atoms with Crippen molar-refractivity contribution in [2.24, 2.45) is 11.3 Å². The second-order valence-electron chi connectivity index (χ2n) is 9.36. The molecule has 0 unspecified atom stereocenters. The smallest absolute Gasteiger partial charge is 0.410 e. The fraction of sp³-hybridized carbons (Fsp3) is 0.905. The topological polar surface area (TPSA) is 68.3 Å². The standard InChI is InChI=1S/C21H36N2O5/c1-5-26-12-6-7-18(24)23-15-21(16-13-27-14-17(16)23)8-10-22(11-9-21)19(25)28-20(2,3)4/h16-17H,5-15H2,1-4H3/t16-,17+/m1/s1. The fourth-order valence-electron chi connectivity index (χ4n) is 4.89. The minimum atomic E-state index is -0.478. The molecule has 7 heteroatoms. The molecule has 7 nitrogen and oxygen atoms in total. The van der Waals surface area contributed by atoms with Gasteiger partial charge in [-0.3, -0.25) is 4.79 Å². The Labute approximate surface area is 168 Å². The molecular weight excluding hydrogens is 360 g/mol. The molecule has 0 aromatic carbocycles. The van der Waals surface area contributed by atoms with Crippen LogP contribution in [0.1, 0.15) is 53.4 Å². The molecule has 160 valence electrons. The van der Waals surface area contributed by atoms with Crippen LogP contribution >= 0.6 is 0 Å². The lowest BCUT2D eigenvalue weighted by Crippen LogP contribution is -2.48. The van der Waals surface area contributed by atoms with Crippen molar-refractivity contribution < 1.29 is 23.8 Å². The Morgan fingerprint density at radius 3 is 2.54 bits per heavy atom. The molecule has 0 radical (unpaired) electrons. The van der Waals surface area contributed by atoms with E-state index in [9.17, 15) is 9.59 Å². The van der Waals surface area contributed by atoms with E-state index in [1.54, 1.807) is 0 Å². The molecule has 0 N–H and O–H groups in total. The normalized spacial score (nSPS) is 26.6. The predicted octanol–water partition coefficient (Wildman–Crippen LogP) is 2.68. The summed E-state index contributed by atoms with van der Waals surface area (Å²) in [5.41, 5.74) is -0.413. The molecule has 3 aliphatic heterocycles. The molecule has 2 amide bonds. The summed E-state index contributed by atoms with van der Waals surface area (Å²) in [6.07, 6.45) is 2.87. The first-order valence-corrected chi connectivity index (χ1v) is 10.7. The van der Waals surface area contributed by atoms with Crippen LogP contribution in [0.25, 0.3) is 0 Å². The van der Waals surface area contributed by atoms with E-state index in [4.69, 9.17) is 14.2 Å². The second kappa shape index (κ2) is 8.57. The van der Waals surface area contributed by atoms with Gasteiger partial charge in [0.25, 0.3) is 0 Å². The van der Waals surface area contributed by atoms with Gasteiger partial charge in [0.05, 0.1) is 19.3 Å². The summed E-state index contributed by atoms with van der Waals surface area (Å²) in [5.74, 6) is 0.593. The molecule has 28 heavy (non-hydrogen) atoms. The molecule has 0 aliphatic carbocycles. The van der Waals surface area contributed by atoms with Gasteiger partial charge in [-0.25, -0.2) is 4.79 Å². The summed E-state index contributed by atoms with van der Waals surface area (Å²) < 4.78 is 16.7. The molecule has 3 heterocycles. The van der Waals surface area contributed by atoms with E-state index >= 15 is 0 Å². The third kappa shape index (κ3) is 4.62. The number of likely N-dealkylation sites (tertiary alicyclic amines) is 2. The average Bonchev–Trinajstić information content (AvgIpc) is 3.21. The zero-order chi connectivity index (χ0) is 20.4. The van der Waals surface area contributed by atoms with E-state index in [2.05, 4.69) is 4.90 Å². The van der Waals surface area contributed by atoms with Crippen LogP contribution in [-0.2, 0) is 19.0 Å². The quantitative estimate of drug-likeness (QED) is 0.669. The van der Waals surface area contributed by atoms with Gasteiger partial charge in [-0.05, 0) is 52.4 Å². The molecule has 0 saturated carbocycles. The maximum absolute atomic E-state index is 12.8. The third-order valence-electron chi connectivity index (χ3n) is 6.34. The zero-order valence-electron chi connectivity index (χ0n) is 17.9. The van der Waals surface area contributed by atoms with E-state index in [1.807, 2.05) is 32.6 Å². The Morgan fingerprint density at radius 2 is 1.89 bits per heavy atom. The summed E-state index contributed by atoms with van der Waals surface area (Å²) >= 11 is 0. The fourth-order valence-corrected chi connectivity index (χ4v) is 4.89. The molecule has 3 fully saturated rings. The van der Waals surface area contributed by atoms with E-state index in [0.717, 1.165) is 32.4 Å². The first-order chi connectivity index (χ1) is 13.3. The average molecular weight is 397 g/mol. The van der Waals surface area contributed by atoms with Crippen molar-refractivity contribution in [2.75, 3.05) is 46.1 Å². The van der Waals surface area contributed by atoms with Gasteiger partial charge in [-0.1, -0.05) is 0 Å². The van der Waals surface area contributed by atoms with Crippen LogP contribution in [0.5, 0.6) is 0 Å². The Morgan fingerprint density at radius 1 is 1.18 bits per heavy atom. The number of amides is 2. The van der Waals surface area contributed by atoms with Gasteiger partial charge in [-0.2, -0.15) is 0 Å². The number of ether oxygens (including phenoxy) is 3. The van der Waals surface area contributed by atoms with Gasteiger partial charge in [0.2, 0.25) is 5.91 Å². The largest absolute Gasteiger partial charge is 0.444 e. The lowest BCUT2D eigenvalue weighted by atomic mass is 9.70. The van der Waals surface area contributed by atoms with Crippen LogP contribution in [0.15, 0.2) is 0 Å². The Bertz CT molecular complexity index is 566. The minimum Gasteiger partial charge on any atom is -0.444 e. The maximum atomic E-state index is 12.8. The van der Waals surface area contributed by atoms with Crippen LogP contribution in [0.3, 0.4) is 0 Å². The number of piperidine rings is 1. The molecule has 2 atom stereocenters. The van der Waals surface area contributed by atoms with Crippen molar-refractivity contribution in [1.29, 1.82) is 0 Å². The first kappa shape index (κ1) is 21.4. The molecular formula is C21H36N2O5. The lowest BCUT2D eigenvalue weighted by molar-refractivity contribution is -0.133. The number of carbonyl (C=O) groups excluding carboxylic acids is 2. The van der Waals surface area contributed by atoms with Gasteiger partial charge < -0.3 is 24.0 Å². The summed E-state index contributed by atoms with van der Waals surface area (Å²) in [6, 6.07) is 0.188. The van der Waals surface area contributed by atoms with Crippen molar-refractivity contribution in [3.63, 3.8) is 0 Å². The summed E-state index contributed by atoms with van der Waals surface area (Å²) in [5, 5.41) is 0. The van der Waals surface area contributed by atoms with Gasteiger partial charge in [0.1, 0.15) is 5.60 Å². The van der Waals surface area contributed by atoms with Crippen LogP contribution in [0, 0.1) is 11.3 Å². The summed E-state index contributed by atoms with van der Waals surface area (Å²) in [4.78, 5) is 29.1. The minimum absolute atomic E-state index is 0.0647. The molecule has 0 aromatic heterocycles. The van der Waals surface area contributed by atoms with Gasteiger partial charge in [0, 0.05) is 45.2 Å². The number of nitrogens with zero attached hydrogens (tertiary/aromatic N) is 2. The summed E-state index contributed by atoms with van der Waals surface area (Å²) in [7, 11) is 0. The van der Waals surface area contributed by atoms with E-state index < -0.39 is 5.60 Å². The number of carbonyl (C=O) groups is 2. The van der Waals surface area contributed by atoms with Crippen molar-refractivity contribution >= 4 is 12.0 Å². The van der Waals surface area contributed by atoms with Crippen LogP contribution in [-0.4, -0.2) is 79.5 Å². The SMILES string of the molecule is CCOCCCC(=O)N1CC2(CCN(C(=O)OC(C)(C)C)CC2)[C@@H]2COC[C@@H]21. The monoisotopic (exact) mass is 396 g/mol. The highest BCUT2D eigenvalue weighted by molar-refractivity contribution is 5.77. The molecule has 1 spiro atoms. The number of fused-ring (bicyclic) bond motifs is 2. The van der Waals surface area contributed by atoms with Gasteiger partial charge >= 0.3 is 6.09 Å². The maximum Gasteiger partial charge on any atom is 0.410 e. The van der Waals surface area contributed by atoms with Crippen LogP contribution in [0.2, 0.25) is 0 Å². The van der Waals surface area contributed by atoms with Crippen molar-refractivity contribution in [2.45, 2.75) is 65.0 Å².